The van der Waals surface area contributed by atoms with Crippen molar-refractivity contribution in [1.82, 2.24) is 10.2 Å². The Balaban J connectivity index is 1.82. The number of nitrogens with one attached hydrogen (secondary N) is 1. The third-order valence-electron chi connectivity index (χ3n) is 2.48. The maximum atomic E-state index is 5.65. The van der Waals surface area contributed by atoms with Crippen LogP contribution in [-0.4, -0.2) is 16.8 Å². The van der Waals surface area contributed by atoms with Crippen molar-refractivity contribution in [3.8, 4) is 5.75 Å². The molecule has 0 aliphatic carbocycles. The van der Waals surface area contributed by atoms with Gasteiger partial charge < -0.3 is 10.1 Å². The Kier molecular flexibility index (Phi) is 4.96. The summed E-state index contributed by atoms with van der Waals surface area (Å²) in [5, 5.41) is 11.7. The third-order valence-corrected chi connectivity index (χ3v) is 3.09. The first-order valence-electron chi connectivity index (χ1n) is 6.14. The minimum atomic E-state index is 0.789. The Labute approximate surface area is 111 Å². The molecule has 0 fully saturated rings. The molecule has 0 bridgehead atoms. The summed E-state index contributed by atoms with van der Waals surface area (Å²) >= 11 is 1.48. The highest BCUT2D eigenvalue weighted by Crippen LogP contribution is 2.20. The van der Waals surface area contributed by atoms with Crippen molar-refractivity contribution in [2.45, 2.75) is 26.2 Å². The highest BCUT2D eigenvalue weighted by Gasteiger charge is 1.98. The van der Waals surface area contributed by atoms with Gasteiger partial charge >= 0.3 is 0 Å². The minimum absolute atomic E-state index is 0.789. The molecule has 18 heavy (non-hydrogen) atoms. The summed E-state index contributed by atoms with van der Waals surface area (Å²) in [7, 11) is 0. The fourth-order valence-electron chi connectivity index (χ4n) is 1.53. The van der Waals surface area contributed by atoms with Crippen LogP contribution in [-0.2, 0) is 0 Å². The van der Waals surface area contributed by atoms with Crippen LogP contribution in [0.25, 0.3) is 0 Å². The average Bonchev–Trinajstić information content (AvgIpc) is 2.89. The number of unbranched alkanes of at least 4 members (excludes halogenated alkanes) is 2. The van der Waals surface area contributed by atoms with E-state index in [1.54, 1.807) is 5.51 Å². The fraction of sp³-hybridized carbons (Fsp3) is 0.385. The van der Waals surface area contributed by atoms with Gasteiger partial charge in [-0.3, -0.25) is 0 Å². The molecule has 5 heteroatoms. The monoisotopic (exact) mass is 263 g/mol. The van der Waals surface area contributed by atoms with Crippen molar-refractivity contribution in [3.05, 3.63) is 29.8 Å². The molecule has 0 spiro atoms. The van der Waals surface area contributed by atoms with Gasteiger partial charge in [-0.2, -0.15) is 0 Å². The van der Waals surface area contributed by atoms with Crippen LogP contribution in [0.3, 0.4) is 0 Å². The predicted octanol–water partition coefficient (Wildman–Crippen LogP) is 3.85. The van der Waals surface area contributed by atoms with E-state index in [2.05, 4.69) is 22.4 Å². The zero-order valence-electron chi connectivity index (χ0n) is 10.4. The Morgan fingerprint density at radius 3 is 2.72 bits per heavy atom. The van der Waals surface area contributed by atoms with Gasteiger partial charge in [-0.25, -0.2) is 0 Å². The average molecular weight is 263 g/mol. The van der Waals surface area contributed by atoms with Gasteiger partial charge in [0.2, 0.25) is 5.13 Å². The SMILES string of the molecule is CCCCCOc1ccc(Nc2nncs2)cc1. The molecule has 0 aliphatic rings. The number of hydrogen-bond acceptors (Lipinski definition) is 5. The number of ether oxygens (including phenoxy) is 1. The van der Waals surface area contributed by atoms with Crippen molar-refractivity contribution in [1.29, 1.82) is 0 Å². The van der Waals surface area contributed by atoms with E-state index in [1.807, 2.05) is 24.3 Å². The highest BCUT2D eigenvalue weighted by atomic mass is 32.1. The van der Waals surface area contributed by atoms with E-state index in [9.17, 15) is 0 Å². The molecule has 96 valence electrons. The molecule has 0 saturated heterocycles. The third kappa shape index (κ3) is 4.00. The van der Waals surface area contributed by atoms with E-state index in [1.165, 1.54) is 24.2 Å². The Morgan fingerprint density at radius 1 is 1.22 bits per heavy atom. The van der Waals surface area contributed by atoms with Gasteiger partial charge in [0.05, 0.1) is 6.61 Å². The maximum Gasteiger partial charge on any atom is 0.209 e. The van der Waals surface area contributed by atoms with Crippen molar-refractivity contribution in [2.75, 3.05) is 11.9 Å². The number of anilines is 2. The summed E-state index contributed by atoms with van der Waals surface area (Å²) in [5.41, 5.74) is 2.70. The number of aromatic nitrogens is 2. The minimum Gasteiger partial charge on any atom is -0.494 e. The van der Waals surface area contributed by atoms with E-state index < -0.39 is 0 Å². The van der Waals surface area contributed by atoms with Crippen LogP contribution >= 0.6 is 11.3 Å². The summed E-state index contributed by atoms with van der Waals surface area (Å²) in [5.74, 6) is 0.911. The van der Waals surface area contributed by atoms with Crippen LogP contribution in [0.15, 0.2) is 29.8 Å². The van der Waals surface area contributed by atoms with Gasteiger partial charge in [0.1, 0.15) is 11.3 Å². The molecule has 2 rings (SSSR count). The summed E-state index contributed by atoms with van der Waals surface area (Å²) in [6, 6.07) is 7.90. The predicted molar refractivity (Wildman–Crippen MR) is 74.7 cm³/mol. The molecule has 0 radical (unpaired) electrons. The molecule has 0 atom stereocenters. The van der Waals surface area contributed by atoms with E-state index in [-0.39, 0.29) is 0 Å². The second kappa shape index (κ2) is 6.96. The van der Waals surface area contributed by atoms with E-state index in [4.69, 9.17) is 4.74 Å². The summed E-state index contributed by atoms with van der Waals surface area (Å²) < 4.78 is 5.65. The second-order valence-corrected chi connectivity index (χ2v) is 4.78. The molecule has 0 saturated carbocycles. The lowest BCUT2D eigenvalue weighted by atomic mass is 10.2. The van der Waals surface area contributed by atoms with Crippen molar-refractivity contribution in [3.63, 3.8) is 0 Å². The highest BCUT2D eigenvalue weighted by molar-refractivity contribution is 7.13. The molecule has 1 heterocycles. The molecule has 1 N–H and O–H groups in total. The standard InChI is InChI=1S/C13H17N3OS/c1-2-3-4-9-17-12-7-5-11(6-8-12)15-13-16-14-10-18-13/h5-8,10H,2-4,9H2,1H3,(H,15,16). The van der Waals surface area contributed by atoms with Gasteiger partial charge in [0.15, 0.2) is 0 Å². The van der Waals surface area contributed by atoms with Crippen LogP contribution in [0.4, 0.5) is 10.8 Å². The molecule has 2 aromatic rings. The van der Waals surface area contributed by atoms with Crippen LogP contribution in [0, 0.1) is 0 Å². The van der Waals surface area contributed by atoms with E-state index in [0.717, 1.165) is 29.6 Å². The first-order chi connectivity index (χ1) is 8.88. The second-order valence-electron chi connectivity index (χ2n) is 3.95. The molecular weight excluding hydrogens is 246 g/mol. The quantitative estimate of drug-likeness (QED) is 0.771. The summed E-state index contributed by atoms with van der Waals surface area (Å²) in [4.78, 5) is 0. The lowest BCUT2D eigenvalue weighted by molar-refractivity contribution is 0.306. The molecule has 0 amide bonds. The normalized spacial score (nSPS) is 10.3. The van der Waals surface area contributed by atoms with Crippen LogP contribution in [0.1, 0.15) is 26.2 Å². The zero-order valence-corrected chi connectivity index (χ0v) is 11.2. The van der Waals surface area contributed by atoms with Crippen molar-refractivity contribution >= 4 is 22.2 Å². The summed E-state index contributed by atoms with van der Waals surface area (Å²) in [6.45, 7) is 2.98. The number of nitrogens with zero attached hydrogens (tertiary/aromatic N) is 2. The van der Waals surface area contributed by atoms with E-state index in [0.29, 0.717) is 0 Å². The maximum absolute atomic E-state index is 5.65. The lowest BCUT2D eigenvalue weighted by Crippen LogP contribution is -1.97. The lowest BCUT2D eigenvalue weighted by Gasteiger charge is -2.07. The molecule has 1 aromatic carbocycles. The first-order valence-corrected chi connectivity index (χ1v) is 7.02. The van der Waals surface area contributed by atoms with Gasteiger partial charge in [-0.15, -0.1) is 10.2 Å². The first kappa shape index (κ1) is 12.8. The molecular formula is C13H17N3OS. The number of rotatable bonds is 7. The topological polar surface area (TPSA) is 47.0 Å². The van der Waals surface area contributed by atoms with Gasteiger partial charge in [0.25, 0.3) is 0 Å². The Morgan fingerprint density at radius 2 is 2.06 bits per heavy atom. The molecule has 0 aliphatic heterocycles. The van der Waals surface area contributed by atoms with Crippen molar-refractivity contribution in [2.24, 2.45) is 0 Å². The smallest absolute Gasteiger partial charge is 0.209 e. The Bertz CT molecular complexity index is 442. The van der Waals surface area contributed by atoms with Crippen LogP contribution in [0.2, 0.25) is 0 Å². The number of benzene rings is 1. The van der Waals surface area contributed by atoms with Gasteiger partial charge in [-0.1, -0.05) is 31.1 Å². The summed E-state index contributed by atoms with van der Waals surface area (Å²) in [6.07, 6.45) is 3.55. The molecule has 0 unspecified atom stereocenters. The van der Waals surface area contributed by atoms with Crippen LogP contribution < -0.4 is 10.1 Å². The Hall–Kier alpha value is -1.62. The van der Waals surface area contributed by atoms with Gasteiger partial charge in [0, 0.05) is 5.69 Å². The number of hydrogen-bond donors (Lipinski definition) is 1. The molecule has 1 aromatic heterocycles. The molecule has 4 nitrogen and oxygen atoms in total. The fourth-order valence-corrected chi connectivity index (χ4v) is 1.99. The largest absolute Gasteiger partial charge is 0.494 e. The van der Waals surface area contributed by atoms with E-state index >= 15 is 0 Å². The van der Waals surface area contributed by atoms with Crippen LogP contribution in [0.5, 0.6) is 5.75 Å². The van der Waals surface area contributed by atoms with Crippen molar-refractivity contribution < 1.29 is 4.74 Å². The van der Waals surface area contributed by atoms with Gasteiger partial charge in [-0.05, 0) is 30.7 Å². The zero-order chi connectivity index (χ0) is 12.6.